The lowest BCUT2D eigenvalue weighted by Crippen LogP contribution is -2.27. The first-order valence-electron chi connectivity index (χ1n) is 7.30. The Hall–Kier alpha value is -2.22. The molecule has 1 amide bonds. The Balaban J connectivity index is 2.03. The highest BCUT2D eigenvalue weighted by molar-refractivity contribution is 6.42. The topological polar surface area (TPSA) is 53.3 Å². The van der Waals surface area contributed by atoms with Crippen LogP contribution in [0.15, 0.2) is 42.5 Å². The third kappa shape index (κ3) is 4.89. The van der Waals surface area contributed by atoms with Crippen LogP contribution in [0.4, 0.5) is 0 Å². The Morgan fingerprint density at radius 2 is 2.00 bits per heavy atom. The monoisotopic (exact) mass is 362 g/mol. The van der Waals surface area contributed by atoms with Gasteiger partial charge in [-0.05, 0) is 35.9 Å². The maximum atomic E-state index is 12.3. The van der Waals surface area contributed by atoms with Crippen LogP contribution < -0.4 is 4.74 Å². The van der Waals surface area contributed by atoms with Crippen molar-refractivity contribution in [2.75, 3.05) is 13.6 Å². The smallest absolute Gasteiger partial charge is 0.253 e. The molecule has 0 radical (unpaired) electrons. The highest BCUT2D eigenvalue weighted by Gasteiger charge is 2.12. The molecular weight excluding hydrogens is 347 g/mol. The summed E-state index contributed by atoms with van der Waals surface area (Å²) in [7, 11) is 1.67. The molecule has 0 aliphatic rings. The molecule has 0 spiro atoms. The molecule has 0 saturated carbocycles. The van der Waals surface area contributed by atoms with Crippen LogP contribution in [0, 0.1) is 11.3 Å². The van der Waals surface area contributed by atoms with E-state index in [0.29, 0.717) is 40.9 Å². The normalized spacial score (nSPS) is 10.1. The van der Waals surface area contributed by atoms with Crippen LogP contribution in [-0.4, -0.2) is 24.4 Å². The highest BCUT2D eigenvalue weighted by Crippen LogP contribution is 2.23. The van der Waals surface area contributed by atoms with E-state index in [0.717, 1.165) is 5.56 Å². The fraction of sp³-hybridized carbons (Fsp3) is 0.222. The number of carbonyl (C=O) groups excluding carboxylic acids is 1. The molecule has 0 aliphatic carbocycles. The molecule has 0 heterocycles. The quantitative estimate of drug-likeness (QED) is 0.756. The zero-order valence-corrected chi connectivity index (χ0v) is 14.6. The van der Waals surface area contributed by atoms with Gasteiger partial charge in [0.25, 0.3) is 5.91 Å². The summed E-state index contributed by atoms with van der Waals surface area (Å²) in [5.41, 5.74) is 1.40. The predicted octanol–water partition coefficient (Wildman–Crippen LogP) is 4.56. The number of nitriles is 1. The average molecular weight is 363 g/mol. The van der Waals surface area contributed by atoms with Gasteiger partial charge in [-0.1, -0.05) is 35.3 Å². The van der Waals surface area contributed by atoms with E-state index in [4.69, 9.17) is 33.2 Å². The molecule has 0 fully saturated rings. The number of rotatable bonds is 6. The molecule has 2 rings (SSSR count). The lowest BCUT2D eigenvalue weighted by molar-refractivity contribution is 0.0797. The second-order valence-electron chi connectivity index (χ2n) is 5.20. The van der Waals surface area contributed by atoms with Gasteiger partial charge in [0.2, 0.25) is 0 Å². The van der Waals surface area contributed by atoms with Gasteiger partial charge >= 0.3 is 0 Å². The number of nitrogens with zero attached hydrogens (tertiary/aromatic N) is 2. The summed E-state index contributed by atoms with van der Waals surface area (Å²) < 4.78 is 5.71. The lowest BCUT2D eigenvalue weighted by atomic mass is 10.2. The summed E-state index contributed by atoms with van der Waals surface area (Å²) in [5, 5.41) is 9.57. The molecule has 2 aromatic carbocycles. The second kappa shape index (κ2) is 8.58. The van der Waals surface area contributed by atoms with E-state index in [9.17, 15) is 4.79 Å². The van der Waals surface area contributed by atoms with Gasteiger partial charge in [0.1, 0.15) is 12.4 Å². The molecule has 0 atom stereocenters. The minimum Gasteiger partial charge on any atom is -0.489 e. The Labute approximate surface area is 151 Å². The maximum Gasteiger partial charge on any atom is 0.253 e. The van der Waals surface area contributed by atoms with E-state index < -0.39 is 0 Å². The molecule has 24 heavy (non-hydrogen) atoms. The van der Waals surface area contributed by atoms with Gasteiger partial charge in [0.15, 0.2) is 0 Å². The molecule has 0 bridgehead atoms. The zero-order chi connectivity index (χ0) is 17.5. The van der Waals surface area contributed by atoms with Crippen molar-refractivity contribution in [3.8, 4) is 11.8 Å². The van der Waals surface area contributed by atoms with Crippen LogP contribution in [0.3, 0.4) is 0 Å². The van der Waals surface area contributed by atoms with Crippen molar-refractivity contribution in [3.63, 3.8) is 0 Å². The van der Waals surface area contributed by atoms with Gasteiger partial charge < -0.3 is 9.64 Å². The Bertz CT molecular complexity index is 772. The second-order valence-corrected chi connectivity index (χ2v) is 6.01. The van der Waals surface area contributed by atoms with E-state index in [1.807, 2.05) is 12.1 Å². The van der Waals surface area contributed by atoms with Crippen molar-refractivity contribution in [1.82, 2.24) is 4.90 Å². The van der Waals surface area contributed by atoms with Crippen molar-refractivity contribution in [1.29, 1.82) is 5.26 Å². The predicted molar refractivity (Wildman–Crippen MR) is 94.4 cm³/mol. The first-order valence-corrected chi connectivity index (χ1v) is 8.06. The third-order valence-electron chi connectivity index (χ3n) is 3.38. The van der Waals surface area contributed by atoms with Crippen LogP contribution >= 0.6 is 23.2 Å². The summed E-state index contributed by atoms with van der Waals surface area (Å²) in [6.07, 6.45) is 0.301. The van der Waals surface area contributed by atoms with Crippen LogP contribution in [0.5, 0.6) is 5.75 Å². The maximum absolute atomic E-state index is 12.3. The standard InChI is InChI=1S/C18H16Cl2N2O2/c1-22(9-3-8-21)18(23)14-4-2-5-15(11-14)24-12-13-6-7-16(19)17(20)10-13/h2,4-7,10-11H,3,9,12H2,1H3. The van der Waals surface area contributed by atoms with Crippen molar-refractivity contribution in [2.24, 2.45) is 0 Å². The minimum atomic E-state index is -0.148. The molecule has 0 aromatic heterocycles. The Kier molecular flexibility index (Phi) is 6.48. The largest absolute Gasteiger partial charge is 0.489 e. The Morgan fingerprint density at radius 1 is 1.21 bits per heavy atom. The van der Waals surface area contributed by atoms with Gasteiger partial charge in [0.05, 0.1) is 22.5 Å². The number of amides is 1. The van der Waals surface area contributed by atoms with Gasteiger partial charge in [-0.15, -0.1) is 0 Å². The third-order valence-corrected chi connectivity index (χ3v) is 4.12. The number of carbonyl (C=O) groups is 1. The summed E-state index contributed by atoms with van der Waals surface area (Å²) >= 11 is 11.9. The molecule has 0 aliphatic heterocycles. The van der Waals surface area contributed by atoms with E-state index in [2.05, 4.69) is 0 Å². The summed E-state index contributed by atoms with van der Waals surface area (Å²) in [5.74, 6) is 0.436. The summed E-state index contributed by atoms with van der Waals surface area (Å²) in [4.78, 5) is 13.8. The van der Waals surface area contributed by atoms with Crippen LogP contribution in [0.2, 0.25) is 10.0 Å². The molecule has 6 heteroatoms. The number of ether oxygens (including phenoxy) is 1. The number of hydrogen-bond acceptors (Lipinski definition) is 3. The zero-order valence-electron chi connectivity index (χ0n) is 13.1. The fourth-order valence-electron chi connectivity index (χ4n) is 2.05. The van der Waals surface area contributed by atoms with Crippen LogP contribution in [0.25, 0.3) is 0 Å². The van der Waals surface area contributed by atoms with Crippen molar-refractivity contribution < 1.29 is 9.53 Å². The molecule has 0 N–H and O–H groups in total. The van der Waals surface area contributed by atoms with Gasteiger partial charge in [-0.2, -0.15) is 5.26 Å². The van der Waals surface area contributed by atoms with E-state index in [1.165, 1.54) is 4.90 Å². The molecule has 0 unspecified atom stereocenters. The molecule has 0 saturated heterocycles. The first kappa shape index (κ1) is 18.1. The highest BCUT2D eigenvalue weighted by atomic mass is 35.5. The van der Waals surface area contributed by atoms with Gasteiger partial charge in [0, 0.05) is 19.2 Å². The molecule has 124 valence electrons. The number of halogens is 2. The van der Waals surface area contributed by atoms with Crippen molar-refractivity contribution >= 4 is 29.1 Å². The summed E-state index contributed by atoms with van der Waals surface area (Å²) in [6.45, 7) is 0.711. The molecule has 2 aromatic rings. The lowest BCUT2D eigenvalue weighted by Gasteiger charge is -2.16. The van der Waals surface area contributed by atoms with Crippen molar-refractivity contribution in [2.45, 2.75) is 13.0 Å². The summed E-state index contributed by atoms with van der Waals surface area (Å²) in [6, 6.07) is 14.3. The van der Waals surface area contributed by atoms with Crippen LogP contribution in [-0.2, 0) is 6.61 Å². The average Bonchev–Trinajstić information content (AvgIpc) is 2.60. The number of hydrogen-bond donors (Lipinski definition) is 0. The first-order chi connectivity index (χ1) is 11.5. The van der Waals surface area contributed by atoms with Crippen LogP contribution in [0.1, 0.15) is 22.3 Å². The molecular formula is C18H16Cl2N2O2. The van der Waals surface area contributed by atoms with Gasteiger partial charge in [-0.25, -0.2) is 0 Å². The molecule has 4 nitrogen and oxygen atoms in total. The number of benzene rings is 2. The van der Waals surface area contributed by atoms with Gasteiger partial charge in [-0.3, -0.25) is 4.79 Å². The Morgan fingerprint density at radius 3 is 2.71 bits per heavy atom. The van der Waals surface area contributed by atoms with Crippen molar-refractivity contribution in [3.05, 3.63) is 63.6 Å². The fourth-order valence-corrected chi connectivity index (χ4v) is 2.38. The minimum absolute atomic E-state index is 0.148. The SMILES string of the molecule is CN(CCC#N)C(=O)c1cccc(OCc2ccc(Cl)c(Cl)c2)c1. The van der Waals surface area contributed by atoms with E-state index in [1.54, 1.807) is 43.4 Å². The van der Waals surface area contributed by atoms with E-state index >= 15 is 0 Å². The van der Waals surface area contributed by atoms with E-state index in [-0.39, 0.29) is 5.91 Å².